The second-order valence-electron chi connectivity index (χ2n) is 7.35. The van der Waals surface area contributed by atoms with Gasteiger partial charge in [-0.2, -0.15) is 0 Å². The topological polar surface area (TPSA) is 69.7 Å². The fraction of sp³-hybridized carbons (Fsp3) is 0.933. The van der Waals surface area contributed by atoms with E-state index in [-0.39, 0.29) is 17.4 Å². The van der Waals surface area contributed by atoms with Gasteiger partial charge in [0.1, 0.15) is 0 Å². The molecule has 0 bridgehead atoms. The summed E-state index contributed by atoms with van der Waals surface area (Å²) in [6, 6.07) is 0.282. The van der Waals surface area contributed by atoms with Crippen molar-refractivity contribution in [1.29, 1.82) is 0 Å². The molecule has 1 saturated carbocycles. The standard InChI is InChI=1S/C15H27N3O3S/c1-12-11-16-5-8-18(12)14(19)13-9-15(10-13)3-6-17(7-4-15)22(2,20)21/h12-13,16H,3-11H2,1-2H3. The molecule has 2 aliphatic heterocycles. The van der Waals surface area contributed by atoms with E-state index in [0.29, 0.717) is 19.0 Å². The number of carbonyl (C=O) groups excluding carboxylic acids is 1. The second-order valence-corrected chi connectivity index (χ2v) is 9.33. The third-order valence-electron chi connectivity index (χ3n) is 5.74. The van der Waals surface area contributed by atoms with Crippen LogP contribution in [0.3, 0.4) is 0 Å². The lowest BCUT2D eigenvalue weighted by Crippen LogP contribution is -2.57. The maximum atomic E-state index is 12.6. The fourth-order valence-corrected chi connectivity index (χ4v) is 5.11. The van der Waals surface area contributed by atoms with Crippen molar-refractivity contribution in [2.45, 2.75) is 38.6 Å². The monoisotopic (exact) mass is 329 g/mol. The minimum atomic E-state index is -3.06. The van der Waals surface area contributed by atoms with Crippen molar-refractivity contribution in [2.24, 2.45) is 11.3 Å². The first-order chi connectivity index (χ1) is 10.3. The number of carbonyl (C=O) groups is 1. The Bertz CT molecular complexity index is 532. The maximum absolute atomic E-state index is 12.6. The van der Waals surface area contributed by atoms with Gasteiger partial charge in [0.15, 0.2) is 0 Å². The molecular formula is C15H27N3O3S. The molecule has 126 valence electrons. The predicted molar refractivity (Wildman–Crippen MR) is 84.9 cm³/mol. The van der Waals surface area contributed by atoms with Crippen molar-refractivity contribution in [3.8, 4) is 0 Å². The molecule has 0 aromatic rings. The highest BCUT2D eigenvalue weighted by atomic mass is 32.2. The lowest BCUT2D eigenvalue weighted by Gasteiger charge is -2.52. The Labute approximate surface area is 133 Å². The van der Waals surface area contributed by atoms with Gasteiger partial charge in [-0.1, -0.05) is 0 Å². The highest BCUT2D eigenvalue weighted by molar-refractivity contribution is 7.88. The van der Waals surface area contributed by atoms with Crippen LogP contribution in [0.25, 0.3) is 0 Å². The van der Waals surface area contributed by atoms with E-state index in [1.165, 1.54) is 6.26 Å². The molecule has 0 aromatic heterocycles. The molecule has 3 rings (SSSR count). The lowest BCUT2D eigenvalue weighted by molar-refractivity contribution is -0.148. The summed E-state index contributed by atoms with van der Waals surface area (Å²) in [5.41, 5.74) is 0.221. The molecule has 2 saturated heterocycles. The van der Waals surface area contributed by atoms with Crippen molar-refractivity contribution < 1.29 is 13.2 Å². The van der Waals surface area contributed by atoms with E-state index in [1.807, 2.05) is 4.90 Å². The molecule has 1 aliphatic carbocycles. The van der Waals surface area contributed by atoms with E-state index in [4.69, 9.17) is 0 Å². The van der Waals surface area contributed by atoms with Crippen LogP contribution >= 0.6 is 0 Å². The molecule has 22 heavy (non-hydrogen) atoms. The van der Waals surface area contributed by atoms with Gasteiger partial charge in [-0.25, -0.2) is 12.7 Å². The van der Waals surface area contributed by atoms with Gasteiger partial charge in [0.05, 0.1) is 6.26 Å². The molecule has 7 heteroatoms. The third-order valence-corrected chi connectivity index (χ3v) is 7.05. The van der Waals surface area contributed by atoms with Crippen molar-refractivity contribution in [2.75, 3.05) is 39.0 Å². The minimum Gasteiger partial charge on any atom is -0.337 e. The quantitative estimate of drug-likeness (QED) is 0.789. The van der Waals surface area contributed by atoms with Crippen LogP contribution in [-0.2, 0) is 14.8 Å². The van der Waals surface area contributed by atoms with Crippen molar-refractivity contribution >= 4 is 15.9 Å². The average Bonchev–Trinajstić information content (AvgIpc) is 2.44. The summed E-state index contributed by atoms with van der Waals surface area (Å²) in [6.45, 7) is 5.91. The van der Waals surface area contributed by atoms with Gasteiger partial charge in [0, 0.05) is 44.7 Å². The highest BCUT2D eigenvalue weighted by Gasteiger charge is 2.50. The number of nitrogens with one attached hydrogen (secondary N) is 1. The molecule has 0 aromatic carbocycles. The normalized spacial score (nSPS) is 30.3. The first-order valence-electron chi connectivity index (χ1n) is 8.27. The van der Waals surface area contributed by atoms with Crippen LogP contribution in [0.4, 0.5) is 0 Å². The van der Waals surface area contributed by atoms with Crippen molar-refractivity contribution in [3.05, 3.63) is 0 Å². The summed E-state index contributed by atoms with van der Waals surface area (Å²) in [4.78, 5) is 14.7. The number of piperidine rings is 1. The first kappa shape index (κ1) is 16.2. The lowest BCUT2D eigenvalue weighted by atomic mass is 9.57. The van der Waals surface area contributed by atoms with E-state index in [9.17, 15) is 13.2 Å². The van der Waals surface area contributed by atoms with Gasteiger partial charge >= 0.3 is 0 Å². The number of hydrogen-bond donors (Lipinski definition) is 1. The van der Waals surface area contributed by atoms with Crippen LogP contribution in [0.15, 0.2) is 0 Å². The Hall–Kier alpha value is -0.660. The van der Waals surface area contributed by atoms with Gasteiger partial charge in [0.2, 0.25) is 15.9 Å². The summed E-state index contributed by atoms with van der Waals surface area (Å²) < 4.78 is 24.7. The summed E-state index contributed by atoms with van der Waals surface area (Å²) in [7, 11) is -3.06. The Morgan fingerprint density at radius 2 is 1.82 bits per heavy atom. The van der Waals surface area contributed by atoms with Gasteiger partial charge in [0.25, 0.3) is 0 Å². The number of piperazine rings is 1. The molecule has 3 aliphatic rings. The first-order valence-corrected chi connectivity index (χ1v) is 10.1. The molecule has 1 atom stereocenters. The number of nitrogens with zero attached hydrogens (tertiary/aromatic N) is 2. The van der Waals surface area contributed by atoms with Gasteiger partial charge in [-0.15, -0.1) is 0 Å². The fourth-order valence-electron chi connectivity index (χ4n) is 4.26. The maximum Gasteiger partial charge on any atom is 0.226 e. The van der Waals surface area contributed by atoms with Crippen molar-refractivity contribution in [1.82, 2.24) is 14.5 Å². The van der Waals surface area contributed by atoms with Crippen LogP contribution in [0.5, 0.6) is 0 Å². The molecule has 1 amide bonds. The van der Waals surface area contributed by atoms with Gasteiger partial charge in [-0.3, -0.25) is 4.79 Å². The summed E-state index contributed by atoms with van der Waals surface area (Å²) in [5.74, 6) is 0.468. The molecule has 1 N–H and O–H groups in total. The SMILES string of the molecule is CC1CNCCN1C(=O)C1CC2(CCN(S(C)(=O)=O)CC2)C1. The molecule has 1 spiro atoms. The predicted octanol–water partition coefficient (Wildman–Crippen LogP) is 0.259. The summed E-state index contributed by atoms with van der Waals surface area (Å²) in [5, 5.41) is 3.31. The zero-order valence-corrected chi connectivity index (χ0v) is 14.4. The second kappa shape index (κ2) is 5.76. The Kier molecular flexibility index (Phi) is 4.24. The molecular weight excluding hydrogens is 302 g/mol. The summed E-state index contributed by atoms with van der Waals surface area (Å²) >= 11 is 0. The minimum absolute atomic E-state index is 0.158. The Morgan fingerprint density at radius 1 is 1.18 bits per heavy atom. The van der Waals surface area contributed by atoms with E-state index < -0.39 is 10.0 Å². The summed E-state index contributed by atoms with van der Waals surface area (Å²) in [6.07, 6.45) is 4.98. The Morgan fingerprint density at radius 3 is 2.36 bits per heavy atom. The molecule has 3 fully saturated rings. The van der Waals surface area contributed by atoms with E-state index in [0.717, 1.165) is 45.3 Å². The molecule has 6 nitrogen and oxygen atoms in total. The molecule has 2 heterocycles. The largest absolute Gasteiger partial charge is 0.337 e. The number of hydrogen-bond acceptors (Lipinski definition) is 4. The van der Waals surface area contributed by atoms with E-state index in [2.05, 4.69) is 12.2 Å². The van der Waals surface area contributed by atoms with Gasteiger partial charge in [-0.05, 0) is 38.0 Å². The molecule has 0 radical (unpaired) electrons. The number of amides is 1. The van der Waals surface area contributed by atoms with Crippen LogP contribution in [-0.4, -0.2) is 68.6 Å². The number of sulfonamides is 1. The van der Waals surface area contributed by atoms with Crippen LogP contribution < -0.4 is 5.32 Å². The van der Waals surface area contributed by atoms with Crippen LogP contribution in [0, 0.1) is 11.3 Å². The third kappa shape index (κ3) is 3.03. The van der Waals surface area contributed by atoms with Gasteiger partial charge < -0.3 is 10.2 Å². The zero-order chi connectivity index (χ0) is 16.0. The van der Waals surface area contributed by atoms with E-state index >= 15 is 0 Å². The average molecular weight is 329 g/mol. The highest BCUT2D eigenvalue weighted by Crippen LogP contribution is 2.53. The van der Waals surface area contributed by atoms with Crippen LogP contribution in [0.2, 0.25) is 0 Å². The Balaban J connectivity index is 1.53. The zero-order valence-electron chi connectivity index (χ0n) is 13.5. The molecule has 1 unspecified atom stereocenters. The van der Waals surface area contributed by atoms with E-state index in [1.54, 1.807) is 4.31 Å². The number of rotatable bonds is 2. The van der Waals surface area contributed by atoms with Crippen LogP contribution in [0.1, 0.15) is 32.6 Å². The van der Waals surface area contributed by atoms with Crippen molar-refractivity contribution in [3.63, 3.8) is 0 Å². The smallest absolute Gasteiger partial charge is 0.226 e.